The molecule has 0 amide bonds. The first kappa shape index (κ1) is 15.5. The fourth-order valence-corrected chi connectivity index (χ4v) is 3.91. The van der Waals surface area contributed by atoms with E-state index in [0.29, 0.717) is 11.8 Å². The minimum atomic E-state index is -0.0490. The Morgan fingerprint density at radius 1 is 1.23 bits per heavy atom. The zero-order chi connectivity index (χ0) is 15.4. The standard InChI is InChI=1S/C18H25NO3/c1-21-18(20)17-13-19(11-14-5-3-2-4-6-14)12-16(17)15-7-9-22-10-8-15/h2-6,15-17H,7-13H2,1H3/t16-,17+/m0/s1. The number of ether oxygens (including phenoxy) is 2. The van der Waals surface area contributed by atoms with E-state index in [0.717, 1.165) is 45.7 Å². The van der Waals surface area contributed by atoms with Gasteiger partial charge in [0.2, 0.25) is 0 Å². The fourth-order valence-electron chi connectivity index (χ4n) is 3.91. The molecule has 120 valence electrons. The predicted octanol–water partition coefficient (Wildman–Crippen LogP) is 2.33. The summed E-state index contributed by atoms with van der Waals surface area (Å²) in [5.41, 5.74) is 1.30. The van der Waals surface area contributed by atoms with Crippen LogP contribution in [0.1, 0.15) is 18.4 Å². The van der Waals surface area contributed by atoms with Gasteiger partial charge in [-0.15, -0.1) is 0 Å². The van der Waals surface area contributed by atoms with Crippen LogP contribution >= 0.6 is 0 Å². The van der Waals surface area contributed by atoms with Crippen LogP contribution in [0.4, 0.5) is 0 Å². The van der Waals surface area contributed by atoms with E-state index in [1.807, 2.05) is 6.07 Å². The van der Waals surface area contributed by atoms with Crippen molar-refractivity contribution in [3.8, 4) is 0 Å². The lowest BCUT2D eigenvalue weighted by atomic mass is 9.79. The molecule has 2 heterocycles. The van der Waals surface area contributed by atoms with Gasteiger partial charge in [-0.2, -0.15) is 0 Å². The molecule has 0 unspecified atom stereocenters. The van der Waals surface area contributed by atoms with Gasteiger partial charge in [0.05, 0.1) is 13.0 Å². The third kappa shape index (κ3) is 3.50. The van der Waals surface area contributed by atoms with E-state index in [4.69, 9.17) is 9.47 Å². The Bertz CT molecular complexity index is 484. The summed E-state index contributed by atoms with van der Waals surface area (Å²) >= 11 is 0. The number of likely N-dealkylation sites (tertiary alicyclic amines) is 1. The molecule has 22 heavy (non-hydrogen) atoms. The molecular weight excluding hydrogens is 278 g/mol. The van der Waals surface area contributed by atoms with Crippen LogP contribution in [-0.2, 0) is 20.8 Å². The summed E-state index contributed by atoms with van der Waals surface area (Å²) in [5.74, 6) is 0.947. The van der Waals surface area contributed by atoms with Crippen molar-refractivity contribution in [2.24, 2.45) is 17.8 Å². The average molecular weight is 303 g/mol. The second kappa shape index (κ2) is 7.25. The molecule has 0 aliphatic carbocycles. The maximum atomic E-state index is 12.2. The van der Waals surface area contributed by atoms with E-state index in [1.165, 1.54) is 12.7 Å². The number of carbonyl (C=O) groups excluding carboxylic acids is 1. The molecule has 0 saturated carbocycles. The monoisotopic (exact) mass is 303 g/mol. The van der Waals surface area contributed by atoms with E-state index >= 15 is 0 Å². The minimum Gasteiger partial charge on any atom is -0.469 e. The summed E-state index contributed by atoms with van der Waals surface area (Å²) in [7, 11) is 1.50. The van der Waals surface area contributed by atoms with Crippen LogP contribution in [-0.4, -0.2) is 44.3 Å². The molecule has 0 aromatic heterocycles. The van der Waals surface area contributed by atoms with Gasteiger partial charge in [0.1, 0.15) is 0 Å². The highest BCUT2D eigenvalue weighted by atomic mass is 16.5. The topological polar surface area (TPSA) is 38.8 Å². The van der Waals surface area contributed by atoms with Gasteiger partial charge in [-0.1, -0.05) is 30.3 Å². The van der Waals surface area contributed by atoms with Crippen LogP contribution in [0.5, 0.6) is 0 Å². The lowest BCUT2D eigenvalue weighted by Gasteiger charge is -2.30. The lowest BCUT2D eigenvalue weighted by Crippen LogP contribution is -2.32. The Labute approximate surface area is 132 Å². The van der Waals surface area contributed by atoms with Gasteiger partial charge in [-0.05, 0) is 30.2 Å². The molecule has 4 heteroatoms. The predicted molar refractivity (Wildman–Crippen MR) is 84.3 cm³/mol. The number of benzene rings is 1. The molecule has 1 aromatic carbocycles. The minimum absolute atomic E-state index is 0.0109. The Hall–Kier alpha value is -1.39. The highest BCUT2D eigenvalue weighted by molar-refractivity contribution is 5.73. The average Bonchev–Trinajstić information content (AvgIpc) is 3.00. The number of nitrogens with zero attached hydrogens (tertiary/aromatic N) is 1. The summed E-state index contributed by atoms with van der Waals surface area (Å²) in [6.45, 7) is 4.36. The summed E-state index contributed by atoms with van der Waals surface area (Å²) in [5, 5.41) is 0. The van der Waals surface area contributed by atoms with Gasteiger partial charge in [-0.3, -0.25) is 9.69 Å². The van der Waals surface area contributed by atoms with Crippen molar-refractivity contribution in [3.05, 3.63) is 35.9 Å². The number of hydrogen-bond acceptors (Lipinski definition) is 4. The first-order chi connectivity index (χ1) is 10.8. The Morgan fingerprint density at radius 3 is 2.64 bits per heavy atom. The first-order valence-corrected chi connectivity index (χ1v) is 8.20. The van der Waals surface area contributed by atoms with Gasteiger partial charge >= 0.3 is 5.97 Å². The van der Waals surface area contributed by atoms with Gasteiger partial charge in [0.25, 0.3) is 0 Å². The van der Waals surface area contributed by atoms with Gasteiger partial charge < -0.3 is 9.47 Å². The third-order valence-corrected chi connectivity index (χ3v) is 5.07. The third-order valence-electron chi connectivity index (χ3n) is 5.07. The molecule has 3 rings (SSSR count). The van der Waals surface area contributed by atoms with E-state index in [9.17, 15) is 4.79 Å². The highest BCUT2D eigenvalue weighted by Gasteiger charge is 2.42. The lowest BCUT2D eigenvalue weighted by molar-refractivity contribution is -0.147. The van der Waals surface area contributed by atoms with Gasteiger partial charge in [0.15, 0.2) is 0 Å². The number of esters is 1. The molecule has 0 radical (unpaired) electrons. The second-order valence-corrected chi connectivity index (χ2v) is 6.42. The van der Waals surface area contributed by atoms with Crippen LogP contribution in [0, 0.1) is 17.8 Å². The maximum Gasteiger partial charge on any atom is 0.310 e. The van der Waals surface area contributed by atoms with E-state index in [1.54, 1.807) is 0 Å². The highest BCUT2D eigenvalue weighted by Crippen LogP contribution is 2.36. The Balaban J connectivity index is 1.69. The smallest absolute Gasteiger partial charge is 0.310 e. The van der Waals surface area contributed by atoms with Crippen molar-refractivity contribution >= 4 is 5.97 Å². The fraction of sp³-hybridized carbons (Fsp3) is 0.611. The van der Waals surface area contributed by atoms with Crippen molar-refractivity contribution in [2.45, 2.75) is 19.4 Å². The molecule has 4 nitrogen and oxygen atoms in total. The van der Waals surface area contributed by atoms with Crippen LogP contribution < -0.4 is 0 Å². The molecule has 1 aromatic rings. The van der Waals surface area contributed by atoms with Crippen molar-refractivity contribution < 1.29 is 14.3 Å². The molecule has 2 atom stereocenters. The molecule has 2 aliphatic heterocycles. The largest absolute Gasteiger partial charge is 0.469 e. The molecule has 0 spiro atoms. The molecule has 2 fully saturated rings. The molecule has 2 aliphatic rings. The number of rotatable bonds is 4. The van der Waals surface area contributed by atoms with Crippen molar-refractivity contribution in [3.63, 3.8) is 0 Å². The molecular formula is C18H25NO3. The van der Waals surface area contributed by atoms with Crippen LogP contribution in [0.3, 0.4) is 0 Å². The summed E-state index contributed by atoms with van der Waals surface area (Å²) in [6, 6.07) is 10.5. The zero-order valence-electron chi connectivity index (χ0n) is 13.2. The SMILES string of the molecule is COC(=O)[C@@H]1CN(Cc2ccccc2)C[C@H]1C1CCOCC1. The quantitative estimate of drug-likeness (QED) is 0.800. The molecule has 0 N–H and O–H groups in total. The van der Waals surface area contributed by atoms with Crippen LogP contribution in [0.2, 0.25) is 0 Å². The normalized spacial score (nSPS) is 27.0. The van der Waals surface area contributed by atoms with Crippen LogP contribution in [0.15, 0.2) is 30.3 Å². The van der Waals surface area contributed by atoms with Crippen molar-refractivity contribution in [1.29, 1.82) is 0 Å². The summed E-state index contributed by atoms with van der Waals surface area (Å²) in [6.07, 6.45) is 2.13. The van der Waals surface area contributed by atoms with E-state index in [-0.39, 0.29) is 11.9 Å². The van der Waals surface area contributed by atoms with E-state index in [2.05, 4.69) is 29.2 Å². The van der Waals surface area contributed by atoms with Crippen molar-refractivity contribution in [1.82, 2.24) is 4.90 Å². The first-order valence-electron chi connectivity index (χ1n) is 8.20. The Kier molecular flexibility index (Phi) is 5.11. The van der Waals surface area contributed by atoms with E-state index < -0.39 is 0 Å². The number of carbonyl (C=O) groups is 1. The second-order valence-electron chi connectivity index (χ2n) is 6.42. The molecule has 0 bridgehead atoms. The maximum absolute atomic E-state index is 12.2. The van der Waals surface area contributed by atoms with Gasteiger partial charge in [0, 0.05) is 32.8 Å². The van der Waals surface area contributed by atoms with Crippen molar-refractivity contribution in [2.75, 3.05) is 33.4 Å². The number of methoxy groups -OCH3 is 1. The van der Waals surface area contributed by atoms with Gasteiger partial charge in [-0.25, -0.2) is 0 Å². The zero-order valence-corrected chi connectivity index (χ0v) is 13.2. The Morgan fingerprint density at radius 2 is 1.95 bits per heavy atom. The number of hydrogen-bond donors (Lipinski definition) is 0. The summed E-state index contributed by atoms with van der Waals surface area (Å²) in [4.78, 5) is 14.6. The van der Waals surface area contributed by atoms with Crippen LogP contribution in [0.25, 0.3) is 0 Å². The summed E-state index contributed by atoms with van der Waals surface area (Å²) < 4.78 is 10.5. The molecule has 2 saturated heterocycles.